The third-order valence-electron chi connectivity index (χ3n) is 3.65. The van der Waals surface area contributed by atoms with Crippen LogP contribution in [0.2, 0.25) is 0 Å². The molecule has 1 heterocycles. The van der Waals surface area contributed by atoms with Crippen LogP contribution in [0, 0.1) is 6.92 Å². The highest BCUT2D eigenvalue weighted by molar-refractivity contribution is 7.99. The zero-order chi connectivity index (χ0) is 13.9. The van der Waals surface area contributed by atoms with Gasteiger partial charge in [-0.1, -0.05) is 12.1 Å². The van der Waals surface area contributed by atoms with Gasteiger partial charge in [0.15, 0.2) is 0 Å². The molecule has 2 nitrogen and oxygen atoms in total. The van der Waals surface area contributed by atoms with Crippen molar-refractivity contribution >= 4 is 17.4 Å². The van der Waals surface area contributed by atoms with Gasteiger partial charge in [0.05, 0.1) is 6.61 Å². The minimum Gasteiger partial charge on any atom is -0.493 e. The van der Waals surface area contributed by atoms with E-state index in [0.717, 1.165) is 42.2 Å². The number of benzene rings is 2. The molecule has 0 aliphatic carbocycles. The lowest BCUT2D eigenvalue weighted by atomic mass is 10.1. The smallest absolute Gasteiger partial charge is 0.122 e. The first-order valence-corrected chi connectivity index (χ1v) is 7.94. The van der Waals surface area contributed by atoms with Crippen molar-refractivity contribution in [1.29, 1.82) is 0 Å². The van der Waals surface area contributed by atoms with Crippen molar-refractivity contribution in [1.82, 2.24) is 0 Å². The van der Waals surface area contributed by atoms with Gasteiger partial charge in [-0.25, -0.2) is 0 Å². The van der Waals surface area contributed by atoms with E-state index in [4.69, 9.17) is 10.5 Å². The molecule has 2 N–H and O–H groups in total. The SMILES string of the molecule is Cc1cc(SCCc2ccc3c(c2)CCO3)ccc1N. The van der Waals surface area contributed by atoms with Crippen LogP contribution in [0.1, 0.15) is 16.7 Å². The molecule has 3 heteroatoms. The molecule has 0 aromatic heterocycles. The molecule has 0 unspecified atom stereocenters. The zero-order valence-electron chi connectivity index (χ0n) is 11.7. The quantitative estimate of drug-likeness (QED) is 0.684. The van der Waals surface area contributed by atoms with Crippen molar-refractivity contribution in [3.05, 3.63) is 53.1 Å². The van der Waals surface area contributed by atoms with E-state index in [1.54, 1.807) is 0 Å². The second kappa shape index (κ2) is 5.80. The highest BCUT2D eigenvalue weighted by Crippen LogP contribution is 2.27. The van der Waals surface area contributed by atoms with Crippen molar-refractivity contribution in [2.24, 2.45) is 0 Å². The van der Waals surface area contributed by atoms with Crippen molar-refractivity contribution in [3.63, 3.8) is 0 Å². The molecule has 0 bridgehead atoms. The Labute approximate surface area is 124 Å². The summed E-state index contributed by atoms with van der Waals surface area (Å²) in [5.74, 6) is 2.15. The minimum absolute atomic E-state index is 0.832. The van der Waals surface area contributed by atoms with E-state index < -0.39 is 0 Å². The number of nitrogens with two attached hydrogens (primary N) is 1. The van der Waals surface area contributed by atoms with Crippen LogP contribution in [-0.2, 0) is 12.8 Å². The lowest BCUT2D eigenvalue weighted by molar-refractivity contribution is 0.357. The fourth-order valence-electron chi connectivity index (χ4n) is 2.42. The average molecular weight is 285 g/mol. The molecule has 0 atom stereocenters. The van der Waals surface area contributed by atoms with Crippen LogP contribution in [0.4, 0.5) is 5.69 Å². The lowest BCUT2D eigenvalue weighted by Gasteiger charge is -2.06. The van der Waals surface area contributed by atoms with Crippen LogP contribution in [-0.4, -0.2) is 12.4 Å². The molecular weight excluding hydrogens is 266 g/mol. The Hall–Kier alpha value is -1.61. The summed E-state index contributed by atoms with van der Waals surface area (Å²) in [6.45, 7) is 2.89. The predicted molar refractivity (Wildman–Crippen MR) is 85.7 cm³/mol. The Morgan fingerprint density at radius 3 is 2.95 bits per heavy atom. The summed E-state index contributed by atoms with van der Waals surface area (Å²) in [5.41, 5.74) is 10.6. The standard InChI is InChI=1S/C17H19NOS/c1-12-10-15(3-4-16(12)18)20-9-7-13-2-5-17-14(11-13)6-8-19-17/h2-5,10-11H,6-9,18H2,1H3. The Bertz CT molecular complexity index is 624. The molecule has 0 radical (unpaired) electrons. The van der Waals surface area contributed by atoms with Crippen LogP contribution in [0.3, 0.4) is 0 Å². The first-order valence-electron chi connectivity index (χ1n) is 6.96. The number of aryl methyl sites for hydroxylation is 2. The van der Waals surface area contributed by atoms with Crippen LogP contribution in [0.25, 0.3) is 0 Å². The molecule has 1 aliphatic heterocycles. The largest absolute Gasteiger partial charge is 0.493 e. The summed E-state index contributed by atoms with van der Waals surface area (Å²) in [5, 5.41) is 0. The van der Waals surface area contributed by atoms with E-state index in [1.807, 2.05) is 17.8 Å². The second-order valence-electron chi connectivity index (χ2n) is 5.16. The van der Waals surface area contributed by atoms with Crippen molar-refractivity contribution in [3.8, 4) is 5.75 Å². The van der Waals surface area contributed by atoms with Gasteiger partial charge in [0.25, 0.3) is 0 Å². The Balaban J connectivity index is 1.58. The summed E-state index contributed by atoms with van der Waals surface area (Å²) in [6, 6.07) is 12.8. The summed E-state index contributed by atoms with van der Waals surface area (Å²) in [7, 11) is 0. The lowest BCUT2D eigenvalue weighted by Crippen LogP contribution is -1.92. The number of ether oxygens (including phenoxy) is 1. The van der Waals surface area contributed by atoms with E-state index in [1.165, 1.54) is 16.0 Å². The average Bonchev–Trinajstić information content (AvgIpc) is 2.90. The van der Waals surface area contributed by atoms with Gasteiger partial charge in [0.1, 0.15) is 5.75 Å². The Morgan fingerprint density at radius 2 is 2.10 bits per heavy atom. The number of anilines is 1. The van der Waals surface area contributed by atoms with E-state index in [0.29, 0.717) is 0 Å². The number of fused-ring (bicyclic) bond motifs is 1. The first-order chi connectivity index (χ1) is 9.72. The fraction of sp³-hybridized carbons (Fsp3) is 0.294. The molecule has 0 spiro atoms. The van der Waals surface area contributed by atoms with Crippen molar-refractivity contribution < 1.29 is 4.74 Å². The van der Waals surface area contributed by atoms with Crippen LogP contribution in [0.5, 0.6) is 5.75 Å². The maximum absolute atomic E-state index is 5.84. The summed E-state index contributed by atoms with van der Waals surface area (Å²) in [6.07, 6.45) is 2.13. The van der Waals surface area contributed by atoms with Gasteiger partial charge in [-0.3, -0.25) is 0 Å². The maximum atomic E-state index is 5.84. The number of nitrogen functional groups attached to an aromatic ring is 1. The minimum atomic E-state index is 0.832. The monoisotopic (exact) mass is 285 g/mol. The predicted octanol–water partition coefficient (Wildman–Crippen LogP) is 3.85. The molecule has 20 heavy (non-hydrogen) atoms. The molecule has 1 aliphatic rings. The molecule has 3 rings (SSSR count). The van der Waals surface area contributed by atoms with Gasteiger partial charge < -0.3 is 10.5 Å². The van der Waals surface area contributed by atoms with E-state index in [9.17, 15) is 0 Å². The Morgan fingerprint density at radius 1 is 1.20 bits per heavy atom. The molecule has 0 fully saturated rings. The first kappa shape index (κ1) is 13.4. The second-order valence-corrected chi connectivity index (χ2v) is 6.33. The fourth-order valence-corrected chi connectivity index (χ4v) is 3.42. The molecule has 0 saturated heterocycles. The van der Waals surface area contributed by atoms with Crippen LogP contribution in [0.15, 0.2) is 41.3 Å². The van der Waals surface area contributed by atoms with Gasteiger partial charge in [0.2, 0.25) is 0 Å². The van der Waals surface area contributed by atoms with Gasteiger partial charge >= 0.3 is 0 Å². The van der Waals surface area contributed by atoms with Crippen molar-refractivity contribution in [2.75, 3.05) is 18.1 Å². The Kier molecular flexibility index (Phi) is 3.88. The van der Waals surface area contributed by atoms with Gasteiger partial charge in [-0.05, 0) is 54.3 Å². The molecule has 2 aromatic carbocycles. The number of hydrogen-bond donors (Lipinski definition) is 1. The third kappa shape index (κ3) is 2.93. The van der Waals surface area contributed by atoms with Crippen molar-refractivity contribution in [2.45, 2.75) is 24.7 Å². The zero-order valence-corrected chi connectivity index (χ0v) is 12.5. The van der Waals surface area contributed by atoms with Crippen LogP contribution < -0.4 is 10.5 Å². The highest BCUT2D eigenvalue weighted by Gasteiger charge is 2.11. The van der Waals surface area contributed by atoms with Gasteiger partial charge in [0, 0.05) is 22.8 Å². The number of rotatable bonds is 4. The molecular formula is C17H19NOS. The molecule has 0 saturated carbocycles. The summed E-state index contributed by atoms with van der Waals surface area (Å²) in [4.78, 5) is 1.29. The third-order valence-corrected chi connectivity index (χ3v) is 4.65. The van der Waals surface area contributed by atoms with E-state index in [2.05, 4.69) is 37.3 Å². The highest BCUT2D eigenvalue weighted by atomic mass is 32.2. The molecule has 2 aromatic rings. The van der Waals surface area contributed by atoms with Gasteiger partial charge in [-0.15, -0.1) is 11.8 Å². The van der Waals surface area contributed by atoms with Gasteiger partial charge in [-0.2, -0.15) is 0 Å². The summed E-state index contributed by atoms with van der Waals surface area (Å²) >= 11 is 1.88. The molecule has 104 valence electrons. The summed E-state index contributed by atoms with van der Waals surface area (Å²) < 4.78 is 5.53. The van der Waals surface area contributed by atoms with E-state index >= 15 is 0 Å². The van der Waals surface area contributed by atoms with Crippen LogP contribution >= 0.6 is 11.8 Å². The molecule has 0 amide bonds. The number of hydrogen-bond acceptors (Lipinski definition) is 3. The maximum Gasteiger partial charge on any atom is 0.122 e. The topological polar surface area (TPSA) is 35.2 Å². The normalized spacial score (nSPS) is 13.1. The van der Waals surface area contributed by atoms with E-state index in [-0.39, 0.29) is 0 Å². The number of thioether (sulfide) groups is 1.